The van der Waals surface area contributed by atoms with Crippen LogP contribution in [0.25, 0.3) is 0 Å². The third kappa shape index (κ3) is 3.32. The molecule has 2 bridgehead atoms. The molecular formula is C24H24O7S3. The summed E-state index contributed by atoms with van der Waals surface area (Å²) in [5.74, 6) is 4.65. The molecule has 0 amide bonds. The summed E-state index contributed by atoms with van der Waals surface area (Å²) in [4.78, 5) is 44.3. The van der Waals surface area contributed by atoms with E-state index in [0.717, 1.165) is 45.5 Å². The van der Waals surface area contributed by atoms with E-state index in [9.17, 15) is 19.2 Å². The van der Waals surface area contributed by atoms with Crippen molar-refractivity contribution in [2.45, 2.75) is 25.6 Å². The molecule has 0 spiro atoms. The van der Waals surface area contributed by atoms with E-state index in [1.807, 2.05) is 24.8 Å². The Kier molecular flexibility index (Phi) is 6.15. The van der Waals surface area contributed by atoms with Gasteiger partial charge in [0.05, 0.1) is 24.0 Å². The number of carboxylic acids is 1. The fourth-order valence-corrected chi connectivity index (χ4v) is 9.71. The quantitative estimate of drug-likeness (QED) is 0.315. The summed E-state index contributed by atoms with van der Waals surface area (Å²) in [6.07, 6.45) is 4.11. The number of fused-ring (bicyclic) bond motifs is 2. The second-order valence-electron chi connectivity index (χ2n) is 9.14. The van der Waals surface area contributed by atoms with Crippen LogP contribution in [0.3, 0.4) is 0 Å². The molecule has 0 aromatic heterocycles. The number of hydrogen-bond donors (Lipinski definition) is 1. The second-order valence-corrected chi connectivity index (χ2v) is 12.1. The number of esters is 1. The number of rotatable bonds is 1. The molecule has 0 aromatic carbocycles. The van der Waals surface area contributed by atoms with E-state index in [4.69, 9.17) is 14.6 Å². The molecule has 4 unspecified atom stereocenters. The highest BCUT2D eigenvalue weighted by atomic mass is 32.2. The first-order valence-corrected chi connectivity index (χ1v) is 14.4. The molecule has 0 radical (unpaired) electrons. The fraction of sp³-hybridized carbons (Fsp3) is 0.500. The first kappa shape index (κ1) is 24.0. The summed E-state index contributed by atoms with van der Waals surface area (Å²) in [6, 6.07) is 0. The number of Topliss-reactive ketones (excluding diaryl/α,β-unsaturated/α-hetero) is 2. The average molecular weight is 521 g/mol. The average Bonchev–Trinajstić information content (AvgIpc) is 3.60. The van der Waals surface area contributed by atoms with Gasteiger partial charge >= 0.3 is 11.9 Å². The first-order valence-electron chi connectivity index (χ1n) is 10.9. The number of thioether (sulfide) groups is 3. The van der Waals surface area contributed by atoms with Crippen LogP contribution in [-0.2, 0) is 28.7 Å². The number of carboxylic acid groups (broad SMARTS) is 1. The van der Waals surface area contributed by atoms with E-state index in [1.54, 1.807) is 23.5 Å². The molecule has 0 saturated carbocycles. The van der Waals surface area contributed by atoms with Crippen LogP contribution in [0, 0.1) is 10.8 Å². The van der Waals surface area contributed by atoms with Crippen LogP contribution < -0.4 is 0 Å². The SMILES string of the molecule is C=C1OC(=O)C23CSCC12C1C=CC3O1.CC1=C(C(=O)O)CSC1.O=C1CC(=O)C2=C1CSC2. The standard InChI is InChI=1S/C11H10O3S.C7H6O2S.C6H8O2S/c1-6-10-4-15-5-11(10,9(12)13-6)8-3-2-7(10)14-8;8-6-1-7(9)5-3-10-2-4(5)6;1-4-2-9-3-5(4)6(7)8/h2-3,7-8H,1,4-5H2;1-3H2;2-3H2,1H3,(H,7,8). The van der Waals surface area contributed by atoms with E-state index in [2.05, 4.69) is 12.7 Å². The van der Waals surface area contributed by atoms with Gasteiger partial charge in [0.2, 0.25) is 0 Å². The maximum atomic E-state index is 12.0. The largest absolute Gasteiger partial charge is 0.478 e. The minimum atomic E-state index is -0.752. The minimum Gasteiger partial charge on any atom is -0.478 e. The number of ketones is 2. The van der Waals surface area contributed by atoms with Crippen molar-refractivity contribution in [1.82, 2.24) is 0 Å². The van der Waals surface area contributed by atoms with Crippen LogP contribution in [-0.4, -0.2) is 75.3 Å². The van der Waals surface area contributed by atoms with Gasteiger partial charge in [-0.1, -0.05) is 24.3 Å². The van der Waals surface area contributed by atoms with Crippen LogP contribution in [0.15, 0.2) is 46.8 Å². The molecule has 4 atom stereocenters. The summed E-state index contributed by atoms with van der Waals surface area (Å²) in [5.41, 5.74) is 2.49. The number of aliphatic carboxylic acids is 1. The van der Waals surface area contributed by atoms with E-state index < -0.39 is 11.4 Å². The maximum Gasteiger partial charge on any atom is 0.332 e. The molecule has 6 aliphatic heterocycles. The summed E-state index contributed by atoms with van der Waals surface area (Å²) >= 11 is 5.13. The monoisotopic (exact) mass is 520 g/mol. The molecule has 7 rings (SSSR count). The Morgan fingerprint density at radius 2 is 1.56 bits per heavy atom. The zero-order valence-electron chi connectivity index (χ0n) is 18.6. The number of cyclic esters (lactones) is 1. The molecule has 6 heterocycles. The van der Waals surface area contributed by atoms with Gasteiger partial charge in [-0.2, -0.15) is 35.3 Å². The zero-order chi connectivity index (χ0) is 24.3. The number of carbonyl (C=O) groups is 4. The lowest BCUT2D eigenvalue weighted by atomic mass is 9.61. The van der Waals surface area contributed by atoms with Gasteiger partial charge in [0, 0.05) is 51.2 Å². The molecular weight excluding hydrogens is 496 g/mol. The maximum absolute atomic E-state index is 12.0. The third-order valence-electron chi connectivity index (χ3n) is 7.45. The highest BCUT2D eigenvalue weighted by Crippen LogP contribution is 2.70. The molecule has 3 fully saturated rings. The van der Waals surface area contributed by atoms with Crippen molar-refractivity contribution >= 4 is 58.8 Å². The number of ether oxygens (including phenoxy) is 2. The predicted octanol–water partition coefficient (Wildman–Crippen LogP) is 2.82. The van der Waals surface area contributed by atoms with Gasteiger partial charge in [-0.3, -0.25) is 14.4 Å². The van der Waals surface area contributed by atoms with Gasteiger partial charge in [0.15, 0.2) is 11.6 Å². The topological polar surface area (TPSA) is 107 Å². The predicted molar refractivity (Wildman–Crippen MR) is 132 cm³/mol. The lowest BCUT2D eigenvalue weighted by Gasteiger charge is -2.32. The van der Waals surface area contributed by atoms with E-state index >= 15 is 0 Å². The number of hydrogen-bond acceptors (Lipinski definition) is 9. The smallest absolute Gasteiger partial charge is 0.332 e. The second kappa shape index (κ2) is 8.72. The lowest BCUT2D eigenvalue weighted by Crippen LogP contribution is -2.47. The highest BCUT2D eigenvalue weighted by molar-refractivity contribution is 8.00. The lowest BCUT2D eigenvalue weighted by molar-refractivity contribution is -0.146. The molecule has 34 heavy (non-hydrogen) atoms. The normalized spacial score (nSPS) is 36.3. The van der Waals surface area contributed by atoms with E-state index in [0.29, 0.717) is 17.1 Å². The van der Waals surface area contributed by atoms with E-state index in [1.165, 1.54) is 0 Å². The van der Waals surface area contributed by atoms with Gasteiger partial charge in [-0.15, -0.1) is 0 Å². The molecule has 3 saturated heterocycles. The van der Waals surface area contributed by atoms with Gasteiger partial charge in [0.25, 0.3) is 0 Å². The molecule has 1 N–H and O–H groups in total. The molecule has 180 valence electrons. The van der Waals surface area contributed by atoms with Gasteiger partial charge in [-0.25, -0.2) is 4.79 Å². The van der Waals surface area contributed by atoms with Crippen molar-refractivity contribution in [3.8, 4) is 0 Å². The van der Waals surface area contributed by atoms with Crippen molar-refractivity contribution in [2.75, 3.05) is 34.5 Å². The highest BCUT2D eigenvalue weighted by Gasteiger charge is 2.79. The Balaban J connectivity index is 0.000000112. The third-order valence-corrected chi connectivity index (χ3v) is 10.9. The van der Waals surface area contributed by atoms with Crippen molar-refractivity contribution in [3.63, 3.8) is 0 Å². The molecule has 7 nitrogen and oxygen atoms in total. The van der Waals surface area contributed by atoms with Gasteiger partial charge in [-0.05, 0) is 6.92 Å². The summed E-state index contributed by atoms with van der Waals surface area (Å²) < 4.78 is 11.1. The Bertz CT molecular complexity index is 1060. The molecule has 0 aromatic rings. The molecule has 1 aliphatic carbocycles. The van der Waals surface area contributed by atoms with Gasteiger partial charge in [0.1, 0.15) is 11.2 Å². The Morgan fingerprint density at radius 1 is 0.971 bits per heavy atom. The molecule has 7 aliphatic rings. The summed E-state index contributed by atoms with van der Waals surface area (Å²) in [6.45, 7) is 5.80. The Labute approximate surface area is 209 Å². The Morgan fingerprint density at radius 3 is 2.09 bits per heavy atom. The van der Waals surface area contributed by atoms with Crippen LogP contribution >= 0.6 is 35.3 Å². The molecule has 10 heteroatoms. The van der Waals surface area contributed by atoms with Crippen molar-refractivity contribution in [3.05, 3.63) is 46.8 Å². The van der Waals surface area contributed by atoms with Crippen molar-refractivity contribution in [2.24, 2.45) is 10.8 Å². The van der Waals surface area contributed by atoms with Crippen molar-refractivity contribution < 1.29 is 33.8 Å². The fourth-order valence-electron chi connectivity index (χ4n) is 5.50. The summed E-state index contributed by atoms with van der Waals surface area (Å²) in [7, 11) is 0. The first-order chi connectivity index (χ1) is 16.2. The van der Waals surface area contributed by atoms with Crippen LogP contribution in [0.5, 0.6) is 0 Å². The van der Waals surface area contributed by atoms with Gasteiger partial charge < -0.3 is 14.6 Å². The van der Waals surface area contributed by atoms with Crippen LogP contribution in [0.1, 0.15) is 13.3 Å². The summed E-state index contributed by atoms with van der Waals surface area (Å²) in [5, 5.41) is 8.51. The number of carbonyl (C=O) groups excluding carboxylic acids is 3. The zero-order valence-corrected chi connectivity index (χ0v) is 21.0. The van der Waals surface area contributed by atoms with Crippen LogP contribution in [0.4, 0.5) is 0 Å². The minimum absolute atomic E-state index is 0.00329. The Hall–Kier alpha value is -1.75. The van der Waals surface area contributed by atoms with Crippen molar-refractivity contribution in [1.29, 1.82) is 0 Å². The van der Waals surface area contributed by atoms with Crippen LogP contribution in [0.2, 0.25) is 0 Å². The van der Waals surface area contributed by atoms with E-state index in [-0.39, 0.29) is 41.6 Å².